The minimum absolute atomic E-state index is 0.0497. The van der Waals surface area contributed by atoms with E-state index in [0.29, 0.717) is 12.8 Å². The third-order valence-corrected chi connectivity index (χ3v) is 6.28. The second-order valence-electron chi connectivity index (χ2n) is 9.23. The second-order valence-corrected chi connectivity index (χ2v) is 9.23. The zero-order valence-electron chi connectivity index (χ0n) is 22.0. The molecule has 1 aromatic heterocycles. The van der Waals surface area contributed by atoms with Gasteiger partial charge in [-0.1, -0.05) is 6.07 Å². The minimum atomic E-state index is -1.18. The molecule has 0 spiro atoms. The molecule has 3 aromatic rings. The predicted molar refractivity (Wildman–Crippen MR) is 139 cm³/mol. The van der Waals surface area contributed by atoms with Crippen molar-refractivity contribution in [3.05, 3.63) is 65.2 Å². The van der Waals surface area contributed by atoms with Gasteiger partial charge in [-0.3, -0.25) is 9.59 Å². The number of hydrogen-bond acceptors (Lipinski definition) is 8. The highest BCUT2D eigenvalue weighted by atomic mass is 19.1. The van der Waals surface area contributed by atoms with E-state index in [9.17, 15) is 20.0 Å². The molecule has 0 aliphatic carbocycles. The number of piperidine rings is 1. The van der Waals surface area contributed by atoms with Gasteiger partial charge in [0.25, 0.3) is 17.7 Å². The summed E-state index contributed by atoms with van der Waals surface area (Å²) in [6, 6.07) is 12.1. The summed E-state index contributed by atoms with van der Waals surface area (Å²) in [7, 11) is 4.50. The molecular formula is C28H26F2N4O6. The zero-order chi connectivity index (χ0) is 29.0. The molecule has 40 heavy (non-hydrogen) atoms. The Morgan fingerprint density at radius 3 is 2.48 bits per heavy atom. The first-order valence-electron chi connectivity index (χ1n) is 12.2. The van der Waals surface area contributed by atoms with E-state index in [1.165, 1.54) is 53.3 Å². The van der Waals surface area contributed by atoms with Gasteiger partial charge in [-0.15, -0.1) is 0 Å². The summed E-state index contributed by atoms with van der Waals surface area (Å²) in [4.78, 5) is 30.6. The molecular weight excluding hydrogens is 526 g/mol. The van der Waals surface area contributed by atoms with Gasteiger partial charge >= 0.3 is 5.97 Å². The van der Waals surface area contributed by atoms with Crippen molar-refractivity contribution in [2.24, 2.45) is 5.92 Å². The number of carbonyl (C=O) groups is 2. The molecule has 1 N–H and O–H groups in total. The Kier molecular flexibility index (Phi) is 8.33. The lowest BCUT2D eigenvalue weighted by Crippen LogP contribution is -2.39. The van der Waals surface area contributed by atoms with Crippen LogP contribution in [0.4, 0.5) is 14.5 Å². The average Bonchev–Trinajstić information content (AvgIpc) is 2.95. The third-order valence-electron chi connectivity index (χ3n) is 6.28. The predicted octanol–water partition coefficient (Wildman–Crippen LogP) is 4.83. The minimum Gasteiger partial charge on any atom is -0.493 e. The van der Waals surface area contributed by atoms with Crippen LogP contribution in [0, 0.1) is 28.9 Å². The van der Waals surface area contributed by atoms with Crippen molar-refractivity contribution < 1.29 is 37.7 Å². The summed E-state index contributed by atoms with van der Waals surface area (Å²) in [6.45, 7) is 0.0344. The number of rotatable bonds is 8. The number of pyridine rings is 1. The number of aromatic nitrogens is 1. The van der Waals surface area contributed by atoms with Crippen molar-refractivity contribution in [2.75, 3.05) is 39.2 Å². The summed E-state index contributed by atoms with van der Waals surface area (Å²) in [5.41, 5.74) is -0.111. The van der Waals surface area contributed by atoms with Crippen LogP contribution in [0.1, 0.15) is 28.8 Å². The Morgan fingerprint density at radius 2 is 1.82 bits per heavy atom. The van der Waals surface area contributed by atoms with Gasteiger partial charge in [0.15, 0.2) is 11.5 Å². The molecule has 1 aliphatic heterocycles. The number of halogens is 2. The lowest BCUT2D eigenvalue weighted by molar-refractivity contribution is -0.141. The Labute approximate surface area is 228 Å². The lowest BCUT2D eigenvalue weighted by atomic mass is 9.98. The number of benzene rings is 2. The van der Waals surface area contributed by atoms with E-state index in [4.69, 9.17) is 14.2 Å². The van der Waals surface area contributed by atoms with E-state index in [0.717, 1.165) is 0 Å². The topological polar surface area (TPSA) is 125 Å². The van der Waals surface area contributed by atoms with Gasteiger partial charge in [0.05, 0.1) is 24.7 Å². The maximum Gasteiger partial charge on any atom is 0.308 e. The fourth-order valence-electron chi connectivity index (χ4n) is 4.28. The first-order chi connectivity index (χ1) is 19.1. The molecule has 1 fully saturated rings. The number of carbonyl (C=O) groups excluding carboxylic acids is 1. The normalized spacial score (nSPS) is 14.7. The highest BCUT2D eigenvalue weighted by Gasteiger charge is 2.33. The van der Waals surface area contributed by atoms with E-state index < -0.39 is 41.0 Å². The number of aliphatic carboxylic acids is 1. The van der Waals surface area contributed by atoms with Crippen molar-refractivity contribution in [2.45, 2.75) is 12.8 Å². The van der Waals surface area contributed by atoms with Gasteiger partial charge in [-0.05, 0) is 43.2 Å². The lowest BCUT2D eigenvalue weighted by Gasteiger charge is -2.33. The summed E-state index contributed by atoms with van der Waals surface area (Å²) >= 11 is 0. The number of nitriles is 1. The van der Waals surface area contributed by atoms with Crippen LogP contribution in [0.5, 0.6) is 29.0 Å². The van der Waals surface area contributed by atoms with E-state index in [-0.39, 0.29) is 47.4 Å². The van der Waals surface area contributed by atoms with Crippen molar-refractivity contribution in [3.63, 3.8) is 0 Å². The highest BCUT2D eigenvalue weighted by Crippen LogP contribution is 2.41. The monoisotopic (exact) mass is 552 g/mol. The van der Waals surface area contributed by atoms with E-state index in [1.54, 1.807) is 20.2 Å². The van der Waals surface area contributed by atoms with Gasteiger partial charge in [-0.2, -0.15) is 19.0 Å². The first kappa shape index (κ1) is 28.1. The Bertz CT molecular complexity index is 1490. The molecule has 1 atom stereocenters. The molecule has 0 radical (unpaired) electrons. The van der Waals surface area contributed by atoms with Crippen LogP contribution in [-0.2, 0) is 4.79 Å². The van der Waals surface area contributed by atoms with Crippen molar-refractivity contribution in [3.8, 4) is 35.1 Å². The maximum atomic E-state index is 15.9. The van der Waals surface area contributed by atoms with Crippen molar-refractivity contribution >= 4 is 17.6 Å². The molecule has 10 nitrogen and oxygen atoms in total. The van der Waals surface area contributed by atoms with Crippen LogP contribution in [0.15, 0.2) is 42.5 Å². The number of hydrogen-bond donors (Lipinski definition) is 1. The molecule has 0 bridgehead atoms. The number of anilines is 1. The largest absolute Gasteiger partial charge is 0.493 e. The van der Waals surface area contributed by atoms with Crippen LogP contribution in [0.25, 0.3) is 0 Å². The molecule has 1 saturated heterocycles. The van der Waals surface area contributed by atoms with E-state index >= 15 is 8.78 Å². The number of amides is 1. The molecule has 1 unspecified atom stereocenters. The van der Waals surface area contributed by atoms with Gasteiger partial charge in [0, 0.05) is 38.8 Å². The molecule has 4 rings (SSSR count). The Balaban J connectivity index is 1.82. The zero-order valence-corrected chi connectivity index (χ0v) is 22.0. The number of carboxylic acids is 1. The summed E-state index contributed by atoms with van der Waals surface area (Å²) in [5.74, 6) is -5.77. The Morgan fingerprint density at radius 1 is 1.10 bits per heavy atom. The van der Waals surface area contributed by atoms with Crippen molar-refractivity contribution in [1.82, 2.24) is 9.88 Å². The van der Waals surface area contributed by atoms with E-state index in [1.807, 2.05) is 6.07 Å². The number of carboxylic acid groups (broad SMARTS) is 1. The van der Waals surface area contributed by atoms with Gasteiger partial charge in [0.1, 0.15) is 11.4 Å². The quantitative estimate of drug-likeness (QED) is 0.418. The van der Waals surface area contributed by atoms with Crippen LogP contribution >= 0.6 is 0 Å². The molecule has 1 amide bonds. The second kappa shape index (κ2) is 11.9. The molecule has 2 heterocycles. The standard InChI is InChI=1S/C28H26F2N4O6/c1-33(2)27(35)17-6-4-8-19(13-17)39-25-22(29)24(34-11-5-7-18(15-34)28(36)37)23(30)26(32-25)40-21-12-16(14-31)9-10-20(21)38-3/h4,6,8-10,12-13,18H,5,7,11,15H2,1-3H3,(H,36,37). The SMILES string of the molecule is COc1ccc(C#N)cc1Oc1nc(Oc2cccc(C(=O)N(C)C)c2)c(F)c(N2CCCC(C(=O)O)C2)c1F. The summed E-state index contributed by atoms with van der Waals surface area (Å²) in [6.07, 6.45) is 0.745. The fraction of sp³-hybridized carbons (Fsp3) is 0.286. The first-order valence-corrected chi connectivity index (χ1v) is 12.2. The molecule has 0 saturated carbocycles. The molecule has 208 valence electrons. The van der Waals surface area contributed by atoms with Crippen LogP contribution in [-0.4, -0.2) is 61.2 Å². The molecule has 2 aromatic carbocycles. The van der Waals surface area contributed by atoms with Crippen LogP contribution in [0.2, 0.25) is 0 Å². The molecule has 12 heteroatoms. The Hall–Kier alpha value is -4.92. The highest BCUT2D eigenvalue weighted by molar-refractivity contribution is 5.94. The van der Waals surface area contributed by atoms with E-state index in [2.05, 4.69) is 4.98 Å². The number of methoxy groups -OCH3 is 1. The van der Waals surface area contributed by atoms with Gasteiger partial charge in [-0.25, -0.2) is 0 Å². The molecule has 1 aliphatic rings. The summed E-state index contributed by atoms with van der Waals surface area (Å²) in [5, 5.41) is 18.8. The number of ether oxygens (including phenoxy) is 3. The third kappa shape index (κ3) is 5.88. The fourth-order valence-corrected chi connectivity index (χ4v) is 4.28. The van der Waals surface area contributed by atoms with Crippen LogP contribution < -0.4 is 19.1 Å². The summed E-state index contributed by atoms with van der Waals surface area (Å²) < 4.78 is 48.4. The maximum absolute atomic E-state index is 15.9. The average molecular weight is 553 g/mol. The number of nitrogens with zero attached hydrogens (tertiary/aromatic N) is 4. The van der Waals surface area contributed by atoms with Crippen molar-refractivity contribution in [1.29, 1.82) is 5.26 Å². The van der Waals surface area contributed by atoms with Gasteiger partial charge in [0.2, 0.25) is 11.6 Å². The van der Waals surface area contributed by atoms with Crippen LogP contribution in [0.3, 0.4) is 0 Å². The van der Waals surface area contributed by atoms with Gasteiger partial charge < -0.3 is 29.1 Å². The smallest absolute Gasteiger partial charge is 0.308 e.